The smallest absolute Gasteiger partial charge is 0.355 e. The highest BCUT2D eigenvalue weighted by Crippen LogP contribution is 2.21. The third-order valence-corrected chi connectivity index (χ3v) is 4.52. The van der Waals surface area contributed by atoms with Crippen LogP contribution in [0.1, 0.15) is 65.7 Å². The van der Waals surface area contributed by atoms with Crippen molar-refractivity contribution in [3.05, 3.63) is 22.5 Å². The standard InChI is InChI=1S/C19H28N2O5/c1-11(2)26-18(23)16-13(4)17(20-14(16)5)19(24)25-10-15(22)21-8-6-7-12(3)9-21/h11-12,20H,6-10H2,1-5H3. The number of ether oxygens (including phenoxy) is 2. The van der Waals surface area contributed by atoms with Crippen LogP contribution in [0.3, 0.4) is 0 Å². The molecule has 26 heavy (non-hydrogen) atoms. The van der Waals surface area contributed by atoms with Gasteiger partial charge in [0.05, 0.1) is 11.7 Å². The molecule has 1 N–H and O–H groups in total. The maximum absolute atomic E-state index is 12.4. The molecule has 1 aliphatic rings. The maximum Gasteiger partial charge on any atom is 0.355 e. The Hall–Kier alpha value is -2.31. The number of hydrogen-bond acceptors (Lipinski definition) is 5. The molecule has 7 heteroatoms. The van der Waals surface area contributed by atoms with Crippen LogP contribution < -0.4 is 0 Å². The van der Waals surface area contributed by atoms with Crippen molar-refractivity contribution < 1.29 is 23.9 Å². The van der Waals surface area contributed by atoms with Gasteiger partial charge in [0, 0.05) is 18.8 Å². The molecule has 2 heterocycles. The van der Waals surface area contributed by atoms with Crippen molar-refractivity contribution in [3.63, 3.8) is 0 Å². The summed E-state index contributed by atoms with van der Waals surface area (Å²) in [5.41, 5.74) is 1.52. The molecule has 1 fully saturated rings. The van der Waals surface area contributed by atoms with Gasteiger partial charge in [-0.25, -0.2) is 9.59 Å². The summed E-state index contributed by atoms with van der Waals surface area (Å²) in [6.07, 6.45) is 1.83. The average molecular weight is 364 g/mol. The second kappa shape index (κ2) is 8.38. The Bertz CT molecular complexity index is 692. The van der Waals surface area contributed by atoms with Crippen LogP contribution in [0.4, 0.5) is 0 Å². The Balaban J connectivity index is 2.01. The lowest BCUT2D eigenvalue weighted by Crippen LogP contribution is -2.41. The number of rotatable bonds is 5. The van der Waals surface area contributed by atoms with Crippen molar-refractivity contribution in [2.24, 2.45) is 5.92 Å². The zero-order valence-corrected chi connectivity index (χ0v) is 16.2. The lowest BCUT2D eigenvalue weighted by Gasteiger charge is -2.30. The third-order valence-electron chi connectivity index (χ3n) is 4.52. The van der Waals surface area contributed by atoms with Crippen molar-refractivity contribution in [2.75, 3.05) is 19.7 Å². The molecule has 1 amide bonds. The fourth-order valence-electron chi connectivity index (χ4n) is 3.24. The molecule has 1 aliphatic heterocycles. The molecule has 0 saturated carbocycles. The van der Waals surface area contributed by atoms with Crippen molar-refractivity contribution in [3.8, 4) is 0 Å². The molecule has 1 atom stereocenters. The molecule has 0 aliphatic carbocycles. The number of carbonyl (C=O) groups is 3. The van der Waals surface area contributed by atoms with Crippen LogP contribution in [-0.2, 0) is 14.3 Å². The molecule has 1 aromatic heterocycles. The number of esters is 2. The van der Waals surface area contributed by atoms with E-state index in [0.29, 0.717) is 35.8 Å². The lowest BCUT2D eigenvalue weighted by molar-refractivity contribution is -0.136. The first-order valence-corrected chi connectivity index (χ1v) is 9.05. The number of piperidine rings is 1. The molecule has 144 valence electrons. The lowest BCUT2D eigenvalue weighted by atomic mass is 10.0. The van der Waals surface area contributed by atoms with Crippen LogP contribution in [0, 0.1) is 19.8 Å². The zero-order valence-electron chi connectivity index (χ0n) is 16.2. The number of aromatic nitrogens is 1. The molecule has 2 rings (SSSR count). The van der Waals surface area contributed by atoms with E-state index in [0.717, 1.165) is 12.8 Å². The number of likely N-dealkylation sites (tertiary alicyclic amines) is 1. The first kappa shape index (κ1) is 20.0. The average Bonchev–Trinajstić information content (AvgIpc) is 2.86. The van der Waals surface area contributed by atoms with Gasteiger partial charge < -0.3 is 19.4 Å². The van der Waals surface area contributed by atoms with Crippen LogP contribution in [0.2, 0.25) is 0 Å². The van der Waals surface area contributed by atoms with E-state index in [4.69, 9.17) is 9.47 Å². The van der Waals surface area contributed by atoms with E-state index in [1.807, 2.05) is 0 Å². The molecule has 1 saturated heterocycles. The monoisotopic (exact) mass is 364 g/mol. The normalized spacial score (nSPS) is 17.3. The SMILES string of the molecule is Cc1[nH]c(C(=O)OCC(=O)N2CCCC(C)C2)c(C)c1C(=O)OC(C)C. The fraction of sp³-hybridized carbons (Fsp3) is 0.632. The molecule has 0 radical (unpaired) electrons. The van der Waals surface area contributed by atoms with Gasteiger partial charge in [-0.2, -0.15) is 0 Å². The summed E-state index contributed by atoms with van der Waals surface area (Å²) in [5.74, 6) is -0.854. The van der Waals surface area contributed by atoms with Gasteiger partial charge in [0.25, 0.3) is 5.91 Å². The summed E-state index contributed by atoms with van der Waals surface area (Å²) in [5, 5.41) is 0. The Morgan fingerprint density at radius 2 is 1.92 bits per heavy atom. The quantitative estimate of drug-likeness (QED) is 0.811. The topological polar surface area (TPSA) is 88.7 Å². The van der Waals surface area contributed by atoms with Gasteiger partial charge in [0.15, 0.2) is 6.61 Å². The Morgan fingerprint density at radius 3 is 2.54 bits per heavy atom. The Kier molecular flexibility index (Phi) is 6.45. The maximum atomic E-state index is 12.4. The molecule has 0 aromatic carbocycles. The number of aromatic amines is 1. The van der Waals surface area contributed by atoms with Gasteiger partial charge in [-0.3, -0.25) is 4.79 Å². The summed E-state index contributed by atoms with van der Waals surface area (Å²) in [6.45, 7) is 10.1. The van der Waals surface area contributed by atoms with Gasteiger partial charge in [0.2, 0.25) is 0 Å². The number of nitrogens with zero attached hydrogens (tertiary/aromatic N) is 1. The highest BCUT2D eigenvalue weighted by Gasteiger charge is 2.26. The fourth-order valence-corrected chi connectivity index (χ4v) is 3.24. The molecular weight excluding hydrogens is 336 g/mol. The van der Waals surface area contributed by atoms with Gasteiger partial charge >= 0.3 is 11.9 Å². The number of amides is 1. The van der Waals surface area contributed by atoms with Gasteiger partial charge in [0.1, 0.15) is 5.69 Å². The van der Waals surface area contributed by atoms with E-state index in [1.165, 1.54) is 0 Å². The second-order valence-electron chi connectivity index (χ2n) is 7.24. The molecule has 7 nitrogen and oxygen atoms in total. The zero-order chi connectivity index (χ0) is 19.4. The minimum absolute atomic E-state index is 0.179. The largest absolute Gasteiger partial charge is 0.459 e. The number of nitrogens with one attached hydrogen (secondary N) is 1. The summed E-state index contributed by atoms with van der Waals surface area (Å²) >= 11 is 0. The van der Waals surface area contributed by atoms with E-state index in [-0.39, 0.29) is 24.3 Å². The first-order valence-electron chi connectivity index (χ1n) is 9.05. The Morgan fingerprint density at radius 1 is 1.23 bits per heavy atom. The highest BCUT2D eigenvalue weighted by atomic mass is 16.5. The van der Waals surface area contributed by atoms with Crippen LogP contribution in [-0.4, -0.2) is 53.5 Å². The number of hydrogen-bond donors (Lipinski definition) is 1. The molecule has 0 spiro atoms. The van der Waals surface area contributed by atoms with Gasteiger partial charge in [-0.15, -0.1) is 0 Å². The summed E-state index contributed by atoms with van der Waals surface area (Å²) in [4.78, 5) is 41.4. The predicted molar refractivity (Wildman–Crippen MR) is 96.1 cm³/mol. The van der Waals surface area contributed by atoms with E-state index in [9.17, 15) is 14.4 Å². The van der Waals surface area contributed by atoms with Gasteiger partial charge in [-0.1, -0.05) is 6.92 Å². The van der Waals surface area contributed by atoms with Crippen LogP contribution >= 0.6 is 0 Å². The van der Waals surface area contributed by atoms with E-state index in [1.54, 1.807) is 32.6 Å². The van der Waals surface area contributed by atoms with E-state index >= 15 is 0 Å². The minimum Gasteiger partial charge on any atom is -0.459 e. The minimum atomic E-state index is -0.646. The van der Waals surface area contributed by atoms with Crippen LogP contribution in [0.25, 0.3) is 0 Å². The summed E-state index contributed by atoms with van der Waals surface area (Å²) in [6, 6.07) is 0. The van der Waals surface area contributed by atoms with Crippen LogP contribution in [0.15, 0.2) is 0 Å². The van der Waals surface area contributed by atoms with Gasteiger partial charge in [-0.05, 0) is 52.0 Å². The predicted octanol–water partition coefficient (Wildman–Crippen LogP) is 2.61. The number of aryl methyl sites for hydroxylation is 1. The molecule has 1 aromatic rings. The third kappa shape index (κ3) is 4.65. The summed E-state index contributed by atoms with van der Waals surface area (Å²) in [7, 11) is 0. The number of H-pyrrole nitrogens is 1. The van der Waals surface area contributed by atoms with Crippen molar-refractivity contribution in [1.29, 1.82) is 0 Å². The summed E-state index contributed by atoms with van der Waals surface area (Å²) < 4.78 is 10.4. The second-order valence-corrected chi connectivity index (χ2v) is 7.24. The van der Waals surface area contributed by atoms with E-state index in [2.05, 4.69) is 11.9 Å². The molecule has 1 unspecified atom stereocenters. The molecule has 0 bridgehead atoms. The van der Waals surface area contributed by atoms with Crippen molar-refractivity contribution in [1.82, 2.24) is 9.88 Å². The van der Waals surface area contributed by atoms with Crippen molar-refractivity contribution >= 4 is 17.8 Å². The van der Waals surface area contributed by atoms with E-state index < -0.39 is 11.9 Å². The van der Waals surface area contributed by atoms with Crippen LogP contribution in [0.5, 0.6) is 0 Å². The first-order chi connectivity index (χ1) is 12.2. The van der Waals surface area contributed by atoms with Crippen molar-refractivity contribution in [2.45, 2.75) is 53.6 Å². The highest BCUT2D eigenvalue weighted by molar-refractivity contribution is 5.99. The molecular formula is C19H28N2O5. The Labute approximate surface area is 154 Å². The number of carbonyl (C=O) groups excluding carboxylic acids is 3.